The lowest BCUT2D eigenvalue weighted by Gasteiger charge is -2.35. The molecule has 1 aliphatic heterocycles. The number of nitrogens with zero attached hydrogens (tertiary/aromatic N) is 5. The van der Waals surface area contributed by atoms with E-state index in [0.29, 0.717) is 22.5 Å². The predicted octanol–water partition coefficient (Wildman–Crippen LogP) is 3.75. The fourth-order valence-corrected chi connectivity index (χ4v) is 4.46. The van der Waals surface area contributed by atoms with E-state index in [4.69, 9.17) is 0 Å². The minimum Gasteiger partial charge on any atom is -0.369 e. The summed E-state index contributed by atoms with van der Waals surface area (Å²) in [6, 6.07) is 10.2. The fraction of sp³-hybridized carbons (Fsp3) is 0.273. The van der Waals surface area contributed by atoms with Crippen LogP contribution in [0.15, 0.2) is 52.1 Å². The Bertz CT molecular complexity index is 1240. The highest BCUT2D eigenvalue weighted by Crippen LogP contribution is 2.27. The van der Waals surface area contributed by atoms with E-state index in [0.717, 1.165) is 44.0 Å². The monoisotopic (exact) mass is 469 g/mol. The van der Waals surface area contributed by atoms with Crippen molar-refractivity contribution < 1.29 is 0 Å². The quantitative estimate of drug-likeness (QED) is 0.460. The Balaban J connectivity index is 0.00000245. The number of thiophene rings is 1. The third kappa shape index (κ3) is 4.45. The molecule has 3 aromatic heterocycles. The summed E-state index contributed by atoms with van der Waals surface area (Å²) in [5.74, 6) is 1.04. The summed E-state index contributed by atoms with van der Waals surface area (Å²) in [6.07, 6.45) is 1.55. The number of nitrogens with one attached hydrogen (secondary N) is 2. The zero-order valence-corrected chi connectivity index (χ0v) is 19.2. The molecule has 0 amide bonds. The topological polar surface area (TPSA) is 90.0 Å². The van der Waals surface area contributed by atoms with Gasteiger partial charge in [0, 0.05) is 48.5 Å². The van der Waals surface area contributed by atoms with Crippen LogP contribution in [0.25, 0.3) is 22.3 Å². The predicted molar refractivity (Wildman–Crippen MR) is 133 cm³/mol. The lowest BCUT2D eigenvalue weighted by atomic mass is 10.2. The molecule has 32 heavy (non-hydrogen) atoms. The number of likely N-dealkylation sites (N-methyl/N-ethyl adjacent to an activating group) is 1. The molecule has 1 aliphatic rings. The number of hydrogen-bond acceptors (Lipinski definition) is 8. The summed E-state index contributed by atoms with van der Waals surface area (Å²) < 4.78 is 0. The molecule has 4 heterocycles. The van der Waals surface area contributed by atoms with Crippen LogP contribution in [0.5, 0.6) is 0 Å². The van der Waals surface area contributed by atoms with Crippen molar-refractivity contribution in [2.24, 2.45) is 0 Å². The number of piperazine rings is 1. The summed E-state index contributed by atoms with van der Waals surface area (Å²) in [7, 11) is 0. The molecule has 0 unspecified atom stereocenters. The lowest BCUT2D eigenvalue weighted by molar-refractivity contribution is 0.271. The largest absolute Gasteiger partial charge is 0.369 e. The molecule has 8 nitrogen and oxygen atoms in total. The Labute approximate surface area is 195 Å². The second-order valence-corrected chi connectivity index (χ2v) is 8.24. The first-order chi connectivity index (χ1) is 15.2. The van der Waals surface area contributed by atoms with Gasteiger partial charge >= 0.3 is 0 Å². The highest BCUT2D eigenvalue weighted by atomic mass is 35.5. The average molecular weight is 470 g/mol. The van der Waals surface area contributed by atoms with Gasteiger partial charge in [0.25, 0.3) is 5.56 Å². The number of H-pyrrole nitrogens is 1. The molecule has 2 N–H and O–H groups in total. The van der Waals surface area contributed by atoms with E-state index in [9.17, 15) is 4.79 Å². The smallest absolute Gasteiger partial charge is 0.277 e. The Hall–Kier alpha value is -3.01. The molecule has 0 bridgehead atoms. The molecule has 10 heteroatoms. The van der Waals surface area contributed by atoms with E-state index in [1.807, 2.05) is 29.0 Å². The van der Waals surface area contributed by atoms with E-state index in [2.05, 4.69) is 54.3 Å². The number of anilines is 3. The van der Waals surface area contributed by atoms with Crippen LogP contribution in [0.3, 0.4) is 0 Å². The van der Waals surface area contributed by atoms with Gasteiger partial charge in [-0.15, -0.1) is 12.4 Å². The van der Waals surface area contributed by atoms with Crippen molar-refractivity contribution in [3.05, 3.63) is 57.6 Å². The molecule has 5 rings (SSSR count). The molecular weight excluding hydrogens is 446 g/mol. The van der Waals surface area contributed by atoms with Gasteiger partial charge in [-0.05, 0) is 42.3 Å². The zero-order chi connectivity index (χ0) is 21.2. The molecule has 1 fully saturated rings. The number of aromatic nitrogens is 4. The molecule has 0 spiro atoms. The Morgan fingerprint density at radius 2 is 1.88 bits per heavy atom. The summed E-state index contributed by atoms with van der Waals surface area (Å²) in [4.78, 5) is 26.5. The Morgan fingerprint density at radius 1 is 1.09 bits per heavy atom. The molecule has 166 valence electrons. The fourth-order valence-electron chi connectivity index (χ4n) is 3.83. The Morgan fingerprint density at radius 3 is 2.56 bits per heavy atom. The number of benzene rings is 1. The van der Waals surface area contributed by atoms with Crippen molar-refractivity contribution in [3.8, 4) is 11.4 Å². The molecule has 1 aromatic carbocycles. The van der Waals surface area contributed by atoms with Gasteiger partial charge in [-0.25, -0.2) is 15.1 Å². The van der Waals surface area contributed by atoms with Crippen molar-refractivity contribution in [2.75, 3.05) is 42.9 Å². The third-order valence-electron chi connectivity index (χ3n) is 5.61. The zero-order valence-electron chi connectivity index (χ0n) is 17.6. The van der Waals surface area contributed by atoms with E-state index in [1.54, 1.807) is 17.5 Å². The first-order valence-electron chi connectivity index (χ1n) is 10.3. The highest BCUT2D eigenvalue weighted by molar-refractivity contribution is 7.08. The minimum absolute atomic E-state index is 0. The van der Waals surface area contributed by atoms with Crippen LogP contribution in [0, 0.1) is 0 Å². The standard InChI is InChI=1S/C22H23N7OS.ClH/c1-2-28-8-10-29(11-9-28)17-5-3-16(4-6-17)24-21-19-18(13-23-27-22(19)30)25-20(26-21)15-7-12-31-14-15;/h3-7,12-14H,2,8-11H2,1H3,(H,27,30)(H,24,25,26);1H. The maximum absolute atomic E-state index is 12.5. The molecule has 0 radical (unpaired) electrons. The molecule has 0 saturated carbocycles. The van der Waals surface area contributed by atoms with Crippen molar-refractivity contribution in [2.45, 2.75) is 6.92 Å². The van der Waals surface area contributed by atoms with E-state index < -0.39 is 0 Å². The molecule has 0 atom stereocenters. The van der Waals surface area contributed by atoms with Crippen LogP contribution in [0.1, 0.15) is 6.92 Å². The van der Waals surface area contributed by atoms with Gasteiger partial charge in [0.1, 0.15) is 16.7 Å². The van der Waals surface area contributed by atoms with Crippen molar-refractivity contribution in [3.63, 3.8) is 0 Å². The van der Waals surface area contributed by atoms with Crippen LogP contribution in [-0.4, -0.2) is 57.8 Å². The molecule has 0 aliphatic carbocycles. The number of halogens is 1. The van der Waals surface area contributed by atoms with Crippen LogP contribution in [-0.2, 0) is 0 Å². The van der Waals surface area contributed by atoms with Gasteiger partial charge < -0.3 is 15.1 Å². The van der Waals surface area contributed by atoms with Gasteiger partial charge in [0.2, 0.25) is 0 Å². The second-order valence-electron chi connectivity index (χ2n) is 7.46. The van der Waals surface area contributed by atoms with Crippen molar-refractivity contribution >= 4 is 51.8 Å². The third-order valence-corrected chi connectivity index (χ3v) is 6.29. The summed E-state index contributed by atoms with van der Waals surface area (Å²) in [6.45, 7) is 7.55. The molecule has 4 aromatic rings. The normalized spacial score (nSPS) is 14.3. The highest BCUT2D eigenvalue weighted by Gasteiger charge is 2.16. The Kier molecular flexibility index (Phi) is 6.69. The van der Waals surface area contributed by atoms with Crippen LogP contribution >= 0.6 is 23.7 Å². The van der Waals surface area contributed by atoms with Gasteiger partial charge in [-0.1, -0.05) is 6.92 Å². The lowest BCUT2D eigenvalue weighted by Crippen LogP contribution is -2.46. The van der Waals surface area contributed by atoms with Crippen LogP contribution in [0.4, 0.5) is 17.2 Å². The first kappa shape index (κ1) is 22.2. The van der Waals surface area contributed by atoms with Crippen molar-refractivity contribution in [1.29, 1.82) is 0 Å². The van der Waals surface area contributed by atoms with E-state index >= 15 is 0 Å². The number of aromatic amines is 1. The molecule has 1 saturated heterocycles. The maximum atomic E-state index is 12.5. The van der Waals surface area contributed by atoms with Crippen LogP contribution in [0.2, 0.25) is 0 Å². The van der Waals surface area contributed by atoms with Crippen LogP contribution < -0.4 is 15.8 Å². The SMILES string of the molecule is CCN1CCN(c2ccc(Nc3nc(-c4ccsc4)nc4cn[nH]c(=O)c34)cc2)CC1.Cl. The maximum Gasteiger partial charge on any atom is 0.277 e. The minimum atomic E-state index is -0.317. The van der Waals surface area contributed by atoms with Crippen molar-refractivity contribution in [1.82, 2.24) is 25.1 Å². The summed E-state index contributed by atoms with van der Waals surface area (Å²) in [5, 5.41) is 14.1. The molecular formula is C22H24ClN7OS. The van der Waals surface area contributed by atoms with Gasteiger partial charge in [0.05, 0.1) is 6.20 Å². The van der Waals surface area contributed by atoms with E-state index in [-0.39, 0.29) is 18.0 Å². The van der Waals surface area contributed by atoms with Gasteiger partial charge in [0.15, 0.2) is 5.82 Å². The number of rotatable bonds is 5. The number of hydrogen-bond donors (Lipinski definition) is 2. The summed E-state index contributed by atoms with van der Waals surface area (Å²) >= 11 is 1.58. The first-order valence-corrected chi connectivity index (χ1v) is 11.3. The van der Waals surface area contributed by atoms with Gasteiger partial charge in [-0.2, -0.15) is 16.4 Å². The number of fused-ring (bicyclic) bond motifs is 1. The second kappa shape index (κ2) is 9.64. The van der Waals surface area contributed by atoms with E-state index in [1.165, 1.54) is 5.69 Å². The van der Waals surface area contributed by atoms with Gasteiger partial charge in [-0.3, -0.25) is 4.79 Å². The average Bonchev–Trinajstić information content (AvgIpc) is 3.35. The summed E-state index contributed by atoms with van der Waals surface area (Å²) in [5.41, 5.74) is 3.17.